The maximum atomic E-state index is 12.9. The molecule has 0 spiro atoms. The normalized spacial score (nSPS) is 12.6. The number of carbonyl (C=O) groups is 3. The number of esters is 3. The lowest BCUT2D eigenvalue weighted by Crippen LogP contribution is -2.30. The average Bonchev–Trinajstić information content (AvgIpc) is 3.47. The van der Waals surface area contributed by atoms with E-state index < -0.39 is 6.10 Å². The Balaban J connectivity index is 4.29. The molecule has 6 nitrogen and oxygen atoms in total. The van der Waals surface area contributed by atoms with Crippen molar-refractivity contribution in [2.75, 3.05) is 13.2 Å². The van der Waals surface area contributed by atoms with Crippen molar-refractivity contribution >= 4 is 17.9 Å². The third kappa shape index (κ3) is 67.3. The summed E-state index contributed by atoms with van der Waals surface area (Å²) in [7, 11) is 0. The summed E-state index contributed by atoms with van der Waals surface area (Å²) in [6, 6.07) is 0. The molecule has 0 amide bonds. The SMILES string of the molecule is CC/C=C\C/C=C\C/C=C\C/C=C\C/C=C\CCCCCC(=O)OC(COC(=O)CCCCCCC/C=C\CCCCCCCC)COC(=O)CCCCCCCCCCCCCCCCCCC/C=C\CCCCCCCCCC. The number of hydrogen-bond acceptors (Lipinski definition) is 6. The van der Waals surface area contributed by atoms with Crippen LogP contribution < -0.4 is 0 Å². The minimum atomic E-state index is -0.799. The van der Waals surface area contributed by atoms with Crippen molar-refractivity contribution in [2.45, 2.75) is 361 Å². The van der Waals surface area contributed by atoms with Crippen LogP contribution in [0.2, 0.25) is 0 Å². The van der Waals surface area contributed by atoms with Gasteiger partial charge in [-0.25, -0.2) is 0 Å². The molecule has 0 rings (SSSR count). The van der Waals surface area contributed by atoms with Gasteiger partial charge in [0.15, 0.2) is 6.10 Å². The standard InChI is InChI=1S/C75H132O6/c1-4-7-10-13-16-19-22-25-28-30-32-33-34-35-36-37-38-39-40-41-43-44-47-50-53-56-59-62-65-68-74(77)80-71-72(70-79-73(76)67-64-61-58-55-52-49-46-27-24-21-18-15-12-9-6-3)81-75(78)69-66-63-60-57-54-51-48-45-42-31-29-26-23-20-17-14-11-8-5-2/h8,11,17,20,26-27,29-30,32,42,45-46,51,54,72H,4-7,9-10,12-16,18-19,21-25,28,31,33-41,43-44,47-50,52-53,55-71H2,1-3H3/b11-8-,20-17-,29-26-,32-30-,45-42-,46-27-,54-51-. The van der Waals surface area contributed by atoms with E-state index in [1.807, 2.05) is 0 Å². The van der Waals surface area contributed by atoms with Crippen LogP contribution in [0.25, 0.3) is 0 Å². The van der Waals surface area contributed by atoms with Crippen LogP contribution in [0.3, 0.4) is 0 Å². The van der Waals surface area contributed by atoms with Gasteiger partial charge in [0.1, 0.15) is 13.2 Å². The van der Waals surface area contributed by atoms with Crippen molar-refractivity contribution in [1.29, 1.82) is 0 Å². The van der Waals surface area contributed by atoms with Crippen LogP contribution in [0, 0.1) is 0 Å². The Bertz CT molecular complexity index is 1530. The highest BCUT2D eigenvalue weighted by atomic mass is 16.6. The zero-order valence-electron chi connectivity index (χ0n) is 53.8. The molecule has 0 aliphatic carbocycles. The number of rotatable bonds is 64. The molecule has 6 heteroatoms. The fourth-order valence-electron chi connectivity index (χ4n) is 10.1. The second kappa shape index (κ2) is 69.1. The quantitative estimate of drug-likeness (QED) is 0.0261. The summed E-state index contributed by atoms with van der Waals surface area (Å²) in [4.78, 5) is 38.4. The smallest absolute Gasteiger partial charge is 0.306 e. The predicted octanol–water partition coefficient (Wildman–Crippen LogP) is 24.2. The Morgan fingerprint density at radius 1 is 0.259 bits per heavy atom. The van der Waals surface area contributed by atoms with E-state index in [0.717, 1.165) is 103 Å². The summed E-state index contributed by atoms with van der Waals surface area (Å²) in [5.41, 5.74) is 0. The Morgan fingerprint density at radius 2 is 0.481 bits per heavy atom. The third-order valence-corrected chi connectivity index (χ3v) is 15.4. The van der Waals surface area contributed by atoms with Gasteiger partial charge >= 0.3 is 17.9 Å². The van der Waals surface area contributed by atoms with Gasteiger partial charge in [-0.05, 0) is 116 Å². The number of unbranched alkanes of at least 4 members (excludes halogenated alkanes) is 39. The molecule has 0 aliphatic rings. The average molecular weight is 1130 g/mol. The van der Waals surface area contributed by atoms with Crippen molar-refractivity contribution < 1.29 is 28.6 Å². The molecule has 0 saturated carbocycles. The highest BCUT2D eigenvalue weighted by molar-refractivity contribution is 5.71. The molecule has 0 bridgehead atoms. The van der Waals surface area contributed by atoms with Crippen LogP contribution in [0.4, 0.5) is 0 Å². The van der Waals surface area contributed by atoms with Gasteiger partial charge < -0.3 is 14.2 Å². The van der Waals surface area contributed by atoms with Gasteiger partial charge in [0.25, 0.3) is 0 Å². The van der Waals surface area contributed by atoms with E-state index in [-0.39, 0.29) is 37.5 Å². The minimum absolute atomic E-state index is 0.0902. The molecule has 0 heterocycles. The molecule has 0 fully saturated rings. The lowest BCUT2D eigenvalue weighted by Gasteiger charge is -2.18. The maximum absolute atomic E-state index is 12.9. The van der Waals surface area contributed by atoms with Crippen molar-refractivity contribution in [2.24, 2.45) is 0 Å². The van der Waals surface area contributed by atoms with Gasteiger partial charge in [0, 0.05) is 19.3 Å². The first-order chi connectivity index (χ1) is 40.0. The van der Waals surface area contributed by atoms with Gasteiger partial charge in [0.2, 0.25) is 0 Å². The van der Waals surface area contributed by atoms with Crippen molar-refractivity contribution in [3.05, 3.63) is 85.1 Å². The van der Waals surface area contributed by atoms with E-state index in [9.17, 15) is 14.4 Å². The van der Waals surface area contributed by atoms with Crippen LogP contribution in [-0.4, -0.2) is 37.2 Å². The molecule has 0 radical (unpaired) electrons. The molecule has 0 aliphatic heterocycles. The Hall–Kier alpha value is -3.41. The summed E-state index contributed by atoms with van der Waals surface area (Å²) >= 11 is 0. The monoisotopic (exact) mass is 1130 g/mol. The lowest BCUT2D eigenvalue weighted by atomic mass is 10.0. The van der Waals surface area contributed by atoms with Crippen LogP contribution in [0.5, 0.6) is 0 Å². The van der Waals surface area contributed by atoms with E-state index in [1.165, 1.54) is 212 Å². The minimum Gasteiger partial charge on any atom is -0.462 e. The van der Waals surface area contributed by atoms with E-state index >= 15 is 0 Å². The molecule has 468 valence electrons. The summed E-state index contributed by atoms with van der Waals surface area (Å²) < 4.78 is 16.9. The van der Waals surface area contributed by atoms with Gasteiger partial charge in [-0.2, -0.15) is 0 Å². The lowest BCUT2D eigenvalue weighted by molar-refractivity contribution is -0.167. The van der Waals surface area contributed by atoms with Crippen molar-refractivity contribution in [3.8, 4) is 0 Å². The molecular formula is C75H132O6. The highest BCUT2D eigenvalue weighted by Crippen LogP contribution is 2.17. The fraction of sp³-hybridized carbons (Fsp3) is 0.773. The van der Waals surface area contributed by atoms with Crippen molar-refractivity contribution in [1.82, 2.24) is 0 Å². The highest BCUT2D eigenvalue weighted by Gasteiger charge is 2.19. The molecule has 0 N–H and O–H groups in total. The zero-order valence-corrected chi connectivity index (χ0v) is 53.8. The van der Waals surface area contributed by atoms with Gasteiger partial charge in [0.05, 0.1) is 0 Å². The summed E-state index contributed by atoms with van der Waals surface area (Å²) in [5, 5.41) is 0. The molecule has 81 heavy (non-hydrogen) atoms. The third-order valence-electron chi connectivity index (χ3n) is 15.4. The van der Waals surface area contributed by atoms with Crippen LogP contribution in [0.1, 0.15) is 355 Å². The van der Waals surface area contributed by atoms with E-state index in [4.69, 9.17) is 14.2 Å². The molecule has 0 aromatic carbocycles. The molecular weight excluding hydrogens is 997 g/mol. The van der Waals surface area contributed by atoms with E-state index in [1.54, 1.807) is 0 Å². The number of carbonyl (C=O) groups excluding carboxylic acids is 3. The predicted molar refractivity (Wildman–Crippen MR) is 353 cm³/mol. The van der Waals surface area contributed by atoms with Gasteiger partial charge in [-0.3, -0.25) is 14.4 Å². The second-order valence-corrected chi connectivity index (χ2v) is 23.4. The topological polar surface area (TPSA) is 78.9 Å². The molecule has 1 atom stereocenters. The Morgan fingerprint density at radius 3 is 0.778 bits per heavy atom. The largest absolute Gasteiger partial charge is 0.462 e. The van der Waals surface area contributed by atoms with E-state index in [0.29, 0.717) is 12.8 Å². The fourth-order valence-corrected chi connectivity index (χ4v) is 10.1. The molecule has 0 aromatic heterocycles. The van der Waals surface area contributed by atoms with Crippen LogP contribution in [-0.2, 0) is 28.6 Å². The zero-order chi connectivity index (χ0) is 58.5. The number of hydrogen-bond donors (Lipinski definition) is 0. The summed E-state index contributed by atoms with van der Waals surface area (Å²) in [6.07, 6.45) is 91.9. The summed E-state index contributed by atoms with van der Waals surface area (Å²) in [6.45, 7) is 6.53. The summed E-state index contributed by atoms with van der Waals surface area (Å²) in [5.74, 6) is -0.915. The Kier molecular flexibility index (Phi) is 66.2. The second-order valence-electron chi connectivity index (χ2n) is 23.4. The molecule has 1 unspecified atom stereocenters. The van der Waals surface area contributed by atoms with Crippen LogP contribution >= 0.6 is 0 Å². The number of ether oxygens (including phenoxy) is 3. The van der Waals surface area contributed by atoms with Gasteiger partial charge in [-0.15, -0.1) is 0 Å². The first kappa shape index (κ1) is 77.6. The van der Waals surface area contributed by atoms with Crippen molar-refractivity contribution in [3.63, 3.8) is 0 Å². The Labute approximate surface area is 503 Å². The first-order valence-electron chi connectivity index (χ1n) is 35.1. The molecule has 0 saturated heterocycles. The maximum Gasteiger partial charge on any atom is 0.306 e. The first-order valence-corrected chi connectivity index (χ1v) is 35.1. The van der Waals surface area contributed by atoms with E-state index in [2.05, 4.69) is 106 Å². The molecule has 0 aromatic rings. The number of allylic oxidation sites excluding steroid dienone is 14. The van der Waals surface area contributed by atoms with Gasteiger partial charge in [-0.1, -0.05) is 305 Å². The van der Waals surface area contributed by atoms with Crippen LogP contribution in [0.15, 0.2) is 85.1 Å².